The summed E-state index contributed by atoms with van der Waals surface area (Å²) in [7, 11) is 0. The summed E-state index contributed by atoms with van der Waals surface area (Å²) in [6.45, 7) is -0.113. The zero-order valence-electron chi connectivity index (χ0n) is 15.1. The molecule has 1 aliphatic carbocycles. The van der Waals surface area contributed by atoms with E-state index in [4.69, 9.17) is 0 Å². The molecule has 11 heteroatoms. The molecular weight excluding hydrogens is 402 g/mol. The summed E-state index contributed by atoms with van der Waals surface area (Å²) in [5.74, 6) is 0. The second-order valence-electron chi connectivity index (χ2n) is 6.63. The van der Waals surface area contributed by atoms with Crippen LogP contribution in [0.1, 0.15) is 35.4 Å². The number of anilines is 1. The Morgan fingerprint density at radius 1 is 1.03 bits per heavy atom. The van der Waals surface area contributed by atoms with E-state index in [0.717, 1.165) is 18.6 Å². The molecule has 0 unspecified atom stereocenters. The molecule has 0 saturated carbocycles. The number of benzene rings is 1. The monoisotopic (exact) mass is 420 g/mol. The van der Waals surface area contributed by atoms with Crippen molar-refractivity contribution in [1.29, 1.82) is 0 Å². The van der Waals surface area contributed by atoms with Crippen LogP contribution in [-0.4, -0.2) is 22.4 Å². The first-order valence-corrected chi connectivity index (χ1v) is 8.94. The number of carbonyl (C=O) groups excluding carboxylic acids is 1. The summed E-state index contributed by atoms with van der Waals surface area (Å²) >= 11 is 0. The van der Waals surface area contributed by atoms with Crippen molar-refractivity contribution in [2.45, 2.75) is 44.6 Å². The van der Waals surface area contributed by atoms with Crippen LogP contribution in [0.15, 0.2) is 24.3 Å². The van der Waals surface area contributed by atoms with Crippen LogP contribution in [0, 0.1) is 0 Å². The lowest BCUT2D eigenvalue weighted by molar-refractivity contribution is -0.142. The third kappa shape index (κ3) is 4.83. The smallest absolute Gasteiger partial charge is 0.336 e. The van der Waals surface area contributed by atoms with Crippen molar-refractivity contribution in [3.05, 3.63) is 46.8 Å². The fourth-order valence-corrected chi connectivity index (χ4v) is 3.36. The number of fused-ring (bicyclic) bond motifs is 1. The average molecular weight is 420 g/mol. The first kappa shape index (κ1) is 21.0. The summed E-state index contributed by atoms with van der Waals surface area (Å²) in [6, 6.07) is 3.61. The van der Waals surface area contributed by atoms with Gasteiger partial charge in [0.15, 0.2) is 5.69 Å². The minimum absolute atomic E-state index is 0.0211. The molecule has 3 rings (SSSR count). The van der Waals surface area contributed by atoms with E-state index in [2.05, 4.69) is 15.7 Å². The van der Waals surface area contributed by atoms with Crippen LogP contribution in [-0.2, 0) is 31.7 Å². The Balaban J connectivity index is 1.64. The highest BCUT2D eigenvalue weighted by Gasteiger charge is 2.39. The van der Waals surface area contributed by atoms with E-state index in [-0.39, 0.29) is 18.7 Å². The van der Waals surface area contributed by atoms with Gasteiger partial charge in [-0.3, -0.25) is 4.68 Å². The van der Waals surface area contributed by atoms with E-state index in [0.29, 0.717) is 25.0 Å². The molecule has 0 fully saturated rings. The first-order valence-electron chi connectivity index (χ1n) is 8.94. The molecule has 1 aliphatic rings. The molecule has 2 N–H and O–H groups in total. The van der Waals surface area contributed by atoms with E-state index in [1.54, 1.807) is 0 Å². The number of carbonyl (C=O) groups is 1. The number of para-hydroxylation sites is 1. The van der Waals surface area contributed by atoms with Crippen molar-refractivity contribution in [2.75, 3.05) is 11.9 Å². The van der Waals surface area contributed by atoms with Crippen molar-refractivity contribution < 1.29 is 31.1 Å². The Morgan fingerprint density at radius 3 is 2.41 bits per heavy atom. The molecule has 0 bridgehead atoms. The molecule has 1 aromatic carbocycles. The van der Waals surface area contributed by atoms with E-state index >= 15 is 0 Å². The number of alkyl halides is 6. The molecule has 158 valence electrons. The zero-order valence-corrected chi connectivity index (χ0v) is 15.1. The topological polar surface area (TPSA) is 59.0 Å². The maximum absolute atomic E-state index is 13.2. The van der Waals surface area contributed by atoms with Crippen LogP contribution in [0.4, 0.5) is 36.8 Å². The van der Waals surface area contributed by atoms with Gasteiger partial charge in [-0.15, -0.1) is 0 Å². The Hall–Kier alpha value is -2.72. The van der Waals surface area contributed by atoms with E-state index in [1.807, 2.05) is 0 Å². The number of hydrogen-bond donors (Lipinski definition) is 2. The SMILES string of the molecule is O=C(NCCn1nc(C(F)(F)F)c2c1CCCC2)Nc1ccccc1C(F)(F)F. The van der Waals surface area contributed by atoms with E-state index < -0.39 is 35.3 Å². The number of aromatic nitrogens is 2. The Kier molecular flexibility index (Phi) is 5.76. The van der Waals surface area contributed by atoms with Crippen LogP contribution >= 0.6 is 0 Å². The minimum Gasteiger partial charge on any atom is -0.336 e. The molecule has 0 aliphatic heterocycles. The molecule has 0 atom stereocenters. The van der Waals surface area contributed by atoms with Crippen molar-refractivity contribution in [3.8, 4) is 0 Å². The molecule has 5 nitrogen and oxygen atoms in total. The molecule has 0 spiro atoms. The molecule has 2 aromatic rings. The fraction of sp³-hybridized carbons (Fsp3) is 0.444. The number of urea groups is 1. The van der Waals surface area contributed by atoms with Gasteiger partial charge in [-0.05, 0) is 37.8 Å². The first-order chi connectivity index (χ1) is 13.6. The average Bonchev–Trinajstić information content (AvgIpc) is 3.01. The lowest BCUT2D eigenvalue weighted by atomic mass is 9.95. The van der Waals surface area contributed by atoms with Gasteiger partial charge in [-0.2, -0.15) is 31.4 Å². The largest absolute Gasteiger partial charge is 0.435 e. The van der Waals surface area contributed by atoms with Gasteiger partial charge in [0.1, 0.15) is 0 Å². The zero-order chi connectivity index (χ0) is 21.2. The number of nitrogens with zero attached hydrogens (tertiary/aromatic N) is 2. The van der Waals surface area contributed by atoms with Crippen LogP contribution in [0.25, 0.3) is 0 Å². The third-order valence-corrected chi connectivity index (χ3v) is 4.62. The number of halogens is 6. The normalized spacial score (nSPS) is 14.4. The van der Waals surface area contributed by atoms with Gasteiger partial charge in [-0.25, -0.2) is 4.79 Å². The predicted molar refractivity (Wildman–Crippen MR) is 92.3 cm³/mol. The lowest BCUT2D eigenvalue weighted by Crippen LogP contribution is -2.32. The van der Waals surface area contributed by atoms with Crippen LogP contribution in [0.2, 0.25) is 0 Å². The predicted octanol–water partition coefficient (Wildman–Crippen LogP) is 4.62. The van der Waals surface area contributed by atoms with Gasteiger partial charge >= 0.3 is 18.4 Å². The molecular formula is C18H18F6N4O. The molecule has 0 saturated heterocycles. The van der Waals surface area contributed by atoms with Gasteiger partial charge in [0, 0.05) is 17.8 Å². The van der Waals surface area contributed by atoms with Crippen LogP contribution in [0.5, 0.6) is 0 Å². The number of rotatable bonds is 4. The highest BCUT2D eigenvalue weighted by atomic mass is 19.4. The third-order valence-electron chi connectivity index (χ3n) is 4.62. The summed E-state index contributed by atoms with van der Waals surface area (Å²) in [5.41, 5.74) is -1.63. The van der Waals surface area contributed by atoms with Gasteiger partial charge in [0.2, 0.25) is 0 Å². The van der Waals surface area contributed by atoms with Crippen LogP contribution < -0.4 is 10.6 Å². The Morgan fingerprint density at radius 2 is 1.72 bits per heavy atom. The summed E-state index contributed by atoms with van der Waals surface area (Å²) in [6.07, 6.45) is -7.03. The van der Waals surface area contributed by atoms with Gasteiger partial charge < -0.3 is 10.6 Å². The Labute approximate surface area is 162 Å². The van der Waals surface area contributed by atoms with Gasteiger partial charge in [0.25, 0.3) is 0 Å². The second kappa shape index (κ2) is 7.96. The second-order valence-corrected chi connectivity index (χ2v) is 6.63. The number of hydrogen-bond acceptors (Lipinski definition) is 2. The van der Waals surface area contributed by atoms with Crippen LogP contribution in [0.3, 0.4) is 0 Å². The standard InChI is InChI=1S/C18H18F6N4O/c19-17(20,21)12-6-2-3-7-13(12)26-16(29)25-9-10-28-14-8-4-1-5-11(14)15(27-28)18(22,23)24/h2-3,6-7H,1,4-5,8-10H2,(H2,25,26,29). The summed E-state index contributed by atoms with van der Waals surface area (Å²) in [4.78, 5) is 11.9. The summed E-state index contributed by atoms with van der Waals surface area (Å²) < 4.78 is 79.6. The maximum atomic E-state index is 13.2. The fourth-order valence-electron chi connectivity index (χ4n) is 3.36. The molecule has 29 heavy (non-hydrogen) atoms. The van der Waals surface area contributed by atoms with Crippen molar-refractivity contribution in [1.82, 2.24) is 15.1 Å². The Bertz CT molecular complexity index is 887. The van der Waals surface area contributed by atoms with Crippen molar-refractivity contribution in [3.63, 3.8) is 0 Å². The lowest BCUT2D eigenvalue weighted by Gasteiger charge is -2.15. The minimum atomic E-state index is -4.63. The number of nitrogens with one attached hydrogen (secondary N) is 2. The number of amides is 2. The van der Waals surface area contributed by atoms with Gasteiger partial charge in [0.05, 0.1) is 17.8 Å². The molecule has 2 amide bonds. The highest BCUT2D eigenvalue weighted by Crippen LogP contribution is 2.36. The van der Waals surface area contributed by atoms with E-state index in [1.165, 1.54) is 16.8 Å². The van der Waals surface area contributed by atoms with Crippen molar-refractivity contribution in [2.24, 2.45) is 0 Å². The van der Waals surface area contributed by atoms with Gasteiger partial charge in [-0.1, -0.05) is 12.1 Å². The maximum Gasteiger partial charge on any atom is 0.435 e. The molecule has 0 radical (unpaired) electrons. The quantitative estimate of drug-likeness (QED) is 0.710. The summed E-state index contributed by atoms with van der Waals surface area (Å²) in [5, 5.41) is 8.13. The molecule has 1 heterocycles. The highest BCUT2D eigenvalue weighted by molar-refractivity contribution is 5.90. The van der Waals surface area contributed by atoms with E-state index in [9.17, 15) is 31.1 Å². The molecule has 1 aromatic heterocycles. The van der Waals surface area contributed by atoms with Crippen molar-refractivity contribution >= 4 is 11.7 Å².